The van der Waals surface area contributed by atoms with Gasteiger partial charge >= 0.3 is 0 Å². The number of hydrogen-bond donors (Lipinski definition) is 1. The van der Waals surface area contributed by atoms with Crippen LogP contribution in [0.15, 0.2) is 53.4 Å². The van der Waals surface area contributed by atoms with Crippen LogP contribution in [0, 0.1) is 0 Å². The monoisotopic (exact) mass is 490 g/mol. The lowest BCUT2D eigenvalue weighted by molar-refractivity contribution is -0.142. The summed E-state index contributed by atoms with van der Waals surface area (Å²) >= 11 is 7.64. The third kappa shape index (κ3) is 9.30. The summed E-state index contributed by atoms with van der Waals surface area (Å²) in [7, 11) is 1.62. The first-order valence-electron chi connectivity index (χ1n) is 11.3. The molecule has 0 aliphatic rings. The normalized spacial score (nSPS) is 12.2. The third-order valence-corrected chi connectivity index (χ3v) is 6.36. The molecule has 0 radical (unpaired) electrons. The molecule has 33 heavy (non-hydrogen) atoms. The number of rotatable bonds is 11. The minimum atomic E-state index is -0.525. The average molecular weight is 491 g/mol. The van der Waals surface area contributed by atoms with Crippen LogP contribution in [-0.4, -0.2) is 41.2 Å². The standard InChI is InChI=1S/C26H35ClN2O3S/c1-6-23(25(31)28-26(2,3)4)29(18-19-9-13-21(32-5)14-10-19)24(30)8-7-17-33-22-15-11-20(27)12-16-22/h9-16,23H,6-8,17-18H2,1-5H3,(H,28,31)/t23-/m0/s1. The van der Waals surface area contributed by atoms with Gasteiger partial charge in [-0.1, -0.05) is 30.7 Å². The lowest BCUT2D eigenvalue weighted by Crippen LogP contribution is -2.53. The topological polar surface area (TPSA) is 58.6 Å². The fourth-order valence-corrected chi connectivity index (χ4v) is 4.37. The summed E-state index contributed by atoms with van der Waals surface area (Å²) in [5, 5.41) is 3.75. The van der Waals surface area contributed by atoms with Crippen LogP contribution in [0.4, 0.5) is 0 Å². The lowest BCUT2D eigenvalue weighted by Gasteiger charge is -2.33. The summed E-state index contributed by atoms with van der Waals surface area (Å²) in [6.07, 6.45) is 1.65. The maximum Gasteiger partial charge on any atom is 0.243 e. The predicted octanol–water partition coefficient (Wildman–Crippen LogP) is 5.94. The van der Waals surface area contributed by atoms with Gasteiger partial charge in [-0.25, -0.2) is 0 Å². The van der Waals surface area contributed by atoms with Crippen molar-refractivity contribution in [3.8, 4) is 5.75 Å². The van der Waals surface area contributed by atoms with Crippen LogP contribution in [0.2, 0.25) is 5.02 Å². The van der Waals surface area contributed by atoms with Crippen molar-refractivity contribution in [1.82, 2.24) is 10.2 Å². The third-order valence-electron chi connectivity index (χ3n) is 5.01. The van der Waals surface area contributed by atoms with E-state index >= 15 is 0 Å². The van der Waals surface area contributed by atoms with Crippen molar-refractivity contribution in [2.24, 2.45) is 0 Å². The summed E-state index contributed by atoms with van der Waals surface area (Å²) in [6, 6.07) is 14.8. The van der Waals surface area contributed by atoms with E-state index in [1.165, 1.54) is 0 Å². The van der Waals surface area contributed by atoms with Gasteiger partial charge in [-0.3, -0.25) is 9.59 Å². The molecule has 1 atom stereocenters. The van der Waals surface area contributed by atoms with Gasteiger partial charge < -0.3 is 15.0 Å². The molecule has 2 aromatic rings. The number of amides is 2. The van der Waals surface area contributed by atoms with Gasteiger partial charge in [0, 0.05) is 28.4 Å². The number of carbonyl (C=O) groups is 2. The van der Waals surface area contributed by atoms with Crippen molar-refractivity contribution < 1.29 is 14.3 Å². The summed E-state index contributed by atoms with van der Waals surface area (Å²) in [5.74, 6) is 1.43. The van der Waals surface area contributed by atoms with E-state index in [-0.39, 0.29) is 17.4 Å². The number of ether oxygens (including phenoxy) is 1. The minimum absolute atomic E-state index is 0.0153. The molecule has 7 heteroatoms. The van der Waals surface area contributed by atoms with Crippen LogP contribution in [0.5, 0.6) is 5.75 Å². The number of carbonyl (C=O) groups excluding carboxylic acids is 2. The van der Waals surface area contributed by atoms with Gasteiger partial charge in [0.05, 0.1) is 7.11 Å². The van der Waals surface area contributed by atoms with E-state index in [9.17, 15) is 9.59 Å². The molecule has 0 fully saturated rings. The SMILES string of the molecule is CC[C@@H](C(=O)NC(C)(C)C)N(Cc1ccc(OC)cc1)C(=O)CCCSc1ccc(Cl)cc1. The smallest absolute Gasteiger partial charge is 0.243 e. The number of halogens is 1. The van der Waals surface area contributed by atoms with E-state index in [4.69, 9.17) is 16.3 Å². The van der Waals surface area contributed by atoms with Crippen molar-refractivity contribution in [3.05, 3.63) is 59.1 Å². The zero-order chi connectivity index (χ0) is 24.4. The summed E-state index contributed by atoms with van der Waals surface area (Å²) in [6.45, 7) is 8.16. The van der Waals surface area contributed by atoms with E-state index < -0.39 is 6.04 Å². The Morgan fingerprint density at radius 3 is 2.27 bits per heavy atom. The van der Waals surface area contributed by atoms with Crippen LogP contribution in [0.1, 0.15) is 52.5 Å². The average Bonchev–Trinajstić information content (AvgIpc) is 2.77. The van der Waals surface area contributed by atoms with Crippen LogP contribution in [0.25, 0.3) is 0 Å². The van der Waals surface area contributed by atoms with Crippen LogP contribution in [-0.2, 0) is 16.1 Å². The van der Waals surface area contributed by atoms with Crippen LogP contribution in [0.3, 0.4) is 0 Å². The molecule has 0 aliphatic heterocycles. The van der Waals surface area contributed by atoms with Crippen molar-refractivity contribution in [2.45, 2.75) is 70.0 Å². The van der Waals surface area contributed by atoms with Crippen molar-refractivity contribution >= 4 is 35.2 Å². The Labute approximate surface area is 207 Å². The van der Waals surface area contributed by atoms with Gasteiger partial charge in [-0.15, -0.1) is 11.8 Å². The molecule has 2 amide bonds. The number of nitrogens with zero attached hydrogens (tertiary/aromatic N) is 1. The maximum atomic E-state index is 13.3. The van der Waals surface area contributed by atoms with E-state index in [1.54, 1.807) is 23.8 Å². The van der Waals surface area contributed by atoms with Crippen molar-refractivity contribution in [1.29, 1.82) is 0 Å². The van der Waals surface area contributed by atoms with Gasteiger partial charge in [0.15, 0.2) is 0 Å². The Kier molecular flexibility index (Phi) is 10.6. The highest BCUT2D eigenvalue weighted by Crippen LogP contribution is 2.23. The number of hydrogen-bond acceptors (Lipinski definition) is 4. The van der Waals surface area contributed by atoms with Gasteiger partial charge in [0.25, 0.3) is 0 Å². The Morgan fingerprint density at radius 1 is 1.09 bits per heavy atom. The second-order valence-corrected chi connectivity index (χ2v) is 10.5. The molecule has 180 valence electrons. The van der Waals surface area contributed by atoms with E-state index in [0.29, 0.717) is 24.4 Å². The highest BCUT2D eigenvalue weighted by atomic mass is 35.5. The fraction of sp³-hybridized carbons (Fsp3) is 0.462. The molecule has 0 saturated heterocycles. The van der Waals surface area contributed by atoms with Gasteiger partial charge in [0.1, 0.15) is 11.8 Å². The van der Waals surface area contributed by atoms with Gasteiger partial charge in [-0.2, -0.15) is 0 Å². The highest BCUT2D eigenvalue weighted by molar-refractivity contribution is 7.99. The zero-order valence-electron chi connectivity index (χ0n) is 20.2. The Balaban J connectivity index is 2.08. The van der Waals surface area contributed by atoms with Crippen molar-refractivity contribution in [2.75, 3.05) is 12.9 Å². The molecule has 0 saturated carbocycles. The predicted molar refractivity (Wildman–Crippen MR) is 137 cm³/mol. The quantitative estimate of drug-likeness (QED) is 0.312. The van der Waals surface area contributed by atoms with Crippen molar-refractivity contribution in [3.63, 3.8) is 0 Å². The number of thioether (sulfide) groups is 1. The molecule has 2 aromatic carbocycles. The van der Waals surface area contributed by atoms with E-state index in [2.05, 4.69) is 5.32 Å². The first-order chi connectivity index (χ1) is 15.6. The number of nitrogens with one attached hydrogen (secondary N) is 1. The Bertz CT molecular complexity index is 895. The second kappa shape index (κ2) is 12.9. The summed E-state index contributed by atoms with van der Waals surface area (Å²) in [4.78, 5) is 29.2. The second-order valence-electron chi connectivity index (χ2n) is 8.94. The molecule has 0 heterocycles. The first-order valence-corrected chi connectivity index (χ1v) is 12.6. The first kappa shape index (κ1) is 27.1. The van der Waals surface area contributed by atoms with Gasteiger partial charge in [-0.05, 0) is 81.3 Å². The molecule has 0 aromatic heterocycles. The molecular weight excluding hydrogens is 456 g/mol. The Morgan fingerprint density at radius 2 is 1.73 bits per heavy atom. The Hall–Kier alpha value is -2.18. The number of methoxy groups -OCH3 is 1. The number of benzene rings is 2. The molecule has 2 rings (SSSR count). The molecule has 0 bridgehead atoms. The van der Waals surface area contributed by atoms with E-state index in [1.807, 2.05) is 76.2 Å². The molecule has 5 nitrogen and oxygen atoms in total. The minimum Gasteiger partial charge on any atom is -0.497 e. The van der Waals surface area contributed by atoms with Crippen LogP contribution < -0.4 is 10.1 Å². The highest BCUT2D eigenvalue weighted by Gasteiger charge is 2.30. The molecule has 1 N–H and O–H groups in total. The van der Waals surface area contributed by atoms with E-state index in [0.717, 1.165) is 28.4 Å². The zero-order valence-corrected chi connectivity index (χ0v) is 21.8. The van der Waals surface area contributed by atoms with Gasteiger partial charge in [0.2, 0.25) is 11.8 Å². The van der Waals surface area contributed by atoms with Crippen LogP contribution >= 0.6 is 23.4 Å². The molecule has 0 aliphatic carbocycles. The molecular formula is C26H35ClN2O3S. The fourth-order valence-electron chi connectivity index (χ4n) is 3.39. The lowest BCUT2D eigenvalue weighted by atomic mass is 10.0. The molecule has 0 spiro atoms. The maximum absolute atomic E-state index is 13.3. The molecule has 0 unspecified atom stereocenters. The largest absolute Gasteiger partial charge is 0.497 e. The summed E-state index contributed by atoms with van der Waals surface area (Å²) in [5.41, 5.74) is 0.593. The summed E-state index contributed by atoms with van der Waals surface area (Å²) < 4.78 is 5.24.